The molecule has 0 bridgehead atoms. The van der Waals surface area contributed by atoms with E-state index in [4.69, 9.17) is 9.72 Å². The zero-order valence-corrected chi connectivity index (χ0v) is 18.4. The van der Waals surface area contributed by atoms with Crippen LogP contribution in [0.4, 0.5) is 17.3 Å². The van der Waals surface area contributed by atoms with Crippen molar-refractivity contribution in [3.8, 4) is 5.75 Å². The van der Waals surface area contributed by atoms with E-state index in [0.717, 1.165) is 47.4 Å². The minimum atomic E-state index is 0.0806. The number of para-hydroxylation sites is 2. The molecule has 1 aromatic carbocycles. The summed E-state index contributed by atoms with van der Waals surface area (Å²) in [6, 6.07) is 15.2. The van der Waals surface area contributed by atoms with E-state index in [1.54, 1.807) is 13.3 Å². The third-order valence-corrected chi connectivity index (χ3v) is 5.54. The van der Waals surface area contributed by atoms with Crippen LogP contribution in [0.3, 0.4) is 0 Å². The van der Waals surface area contributed by atoms with Crippen molar-refractivity contribution < 1.29 is 9.53 Å². The Morgan fingerprint density at radius 2 is 1.88 bits per heavy atom. The molecule has 0 radical (unpaired) electrons. The second kappa shape index (κ2) is 10.1. The first-order chi connectivity index (χ1) is 15.6. The van der Waals surface area contributed by atoms with Crippen molar-refractivity contribution in [2.75, 3.05) is 37.4 Å². The first kappa shape index (κ1) is 21.5. The van der Waals surface area contributed by atoms with Gasteiger partial charge in [0.25, 0.3) is 0 Å². The molecule has 3 heterocycles. The van der Waals surface area contributed by atoms with Crippen molar-refractivity contribution in [1.29, 1.82) is 0 Å². The summed E-state index contributed by atoms with van der Waals surface area (Å²) in [6.07, 6.45) is 3.42. The lowest BCUT2D eigenvalue weighted by Crippen LogP contribution is -2.41. The van der Waals surface area contributed by atoms with E-state index in [1.807, 2.05) is 60.4 Å². The number of rotatable bonds is 7. The molecule has 32 heavy (non-hydrogen) atoms. The van der Waals surface area contributed by atoms with Gasteiger partial charge in [-0.3, -0.25) is 4.79 Å². The second-order valence-corrected chi connectivity index (χ2v) is 7.80. The van der Waals surface area contributed by atoms with Gasteiger partial charge in [0.15, 0.2) is 0 Å². The predicted octanol–water partition coefficient (Wildman–Crippen LogP) is 3.75. The molecule has 2 aromatic heterocycles. The molecule has 0 saturated carbocycles. The van der Waals surface area contributed by atoms with E-state index in [2.05, 4.69) is 20.6 Å². The number of nitrogens with one attached hydrogen (secondary N) is 2. The lowest BCUT2D eigenvalue weighted by Gasteiger charge is -2.31. The van der Waals surface area contributed by atoms with Crippen LogP contribution in [-0.4, -0.2) is 52.5 Å². The van der Waals surface area contributed by atoms with Crippen molar-refractivity contribution in [2.24, 2.45) is 0 Å². The lowest BCUT2D eigenvalue weighted by molar-refractivity contribution is -0.130. The number of hydrogen-bond donors (Lipinski definition) is 2. The number of carbonyl (C=O) groups excluding carboxylic acids is 1. The highest BCUT2D eigenvalue weighted by Gasteiger charge is 2.26. The Labute approximate surface area is 188 Å². The summed E-state index contributed by atoms with van der Waals surface area (Å²) in [5.74, 6) is 3.35. The number of carbonyl (C=O) groups is 1. The third kappa shape index (κ3) is 5.32. The predicted molar refractivity (Wildman–Crippen MR) is 124 cm³/mol. The van der Waals surface area contributed by atoms with E-state index in [0.29, 0.717) is 13.1 Å². The maximum Gasteiger partial charge on any atom is 0.241 e. The Morgan fingerprint density at radius 1 is 1.09 bits per heavy atom. The molecule has 3 aromatic rings. The van der Waals surface area contributed by atoms with Crippen LogP contribution in [0.5, 0.6) is 5.75 Å². The Morgan fingerprint density at radius 3 is 2.62 bits per heavy atom. The molecule has 8 nitrogen and oxygen atoms in total. The maximum atomic E-state index is 12.7. The number of amides is 1. The van der Waals surface area contributed by atoms with Crippen LogP contribution < -0.4 is 15.4 Å². The van der Waals surface area contributed by atoms with Gasteiger partial charge in [-0.1, -0.05) is 18.2 Å². The van der Waals surface area contributed by atoms with Gasteiger partial charge in [0.2, 0.25) is 5.91 Å². The molecule has 4 rings (SSSR count). The smallest absolute Gasteiger partial charge is 0.241 e. The van der Waals surface area contributed by atoms with Gasteiger partial charge < -0.3 is 20.3 Å². The Balaban J connectivity index is 1.33. The van der Waals surface area contributed by atoms with Gasteiger partial charge in [0.05, 0.1) is 19.3 Å². The minimum absolute atomic E-state index is 0.0806. The van der Waals surface area contributed by atoms with Gasteiger partial charge in [-0.05, 0) is 44.0 Å². The van der Waals surface area contributed by atoms with Gasteiger partial charge in [-0.15, -0.1) is 0 Å². The standard InChI is InChI=1S/C24H28N6O2/c1-17-15-22(28-21-9-5-6-12-25-21)29-24(27-17)18-10-13-30(14-11-18)23(31)16-26-19-7-3-4-8-20(19)32-2/h3-9,12,15,18,26H,10-11,13-14,16H2,1-2H3,(H,25,27,28,29). The van der Waals surface area contributed by atoms with E-state index >= 15 is 0 Å². The van der Waals surface area contributed by atoms with Crippen LogP contribution in [0, 0.1) is 6.92 Å². The van der Waals surface area contributed by atoms with Crippen LogP contribution in [0.25, 0.3) is 0 Å². The number of methoxy groups -OCH3 is 1. The summed E-state index contributed by atoms with van der Waals surface area (Å²) < 4.78 is 5.33. The van der Waals surface area contributed by atoms with Crippen LogP contribution in [0.1, 0.15) is 30.3 Å². The summed E-state index contributed by atoms with van der Waals surface area (Å²) in [6.45, 7) is 3.59. The van der Waals surface area contributed by atoms with E-state index < -0.39 is 0 Å². The monoisotopic (exact) mass is 432 g/mol. The van der Waals surface area contributed by atoms with Crippen LogP contribution in [-0.2, 0) is 4.79 Å². The van der Waals surface area contributed by atoms with Gasteiger partial charge >= 0.3 is 0 Å². The highest BCUT2D eigenvalue weighted by Crippen LogP contribution is 2.28. The second-order valence-electron chi connectivity index (χ2n) is 7.80. The third-order valence-electron chi connectivity index (χ3n) is 5.54. The normalized spacial score (nSPS) is 14.1. The fourth-order valence-corrected chi connectivity index (χ4v) is 3.87. The van der Waals surface area contributed by atoms with Crippen molar-refractivity contribution in [1.82, 2.24) is 19.9 Å². The molecule has 0 atom stereocenters. The van der Waals surface area contributed by atoms with E-state index in [1.165, 1.54) is 0 Å². The number of hydrogen-bond acceptors (Lipinski definition) is 7. The van der Waals surface area contributed by atoms with Crippen molar-refractivity contribution >= 4 is 23.2 Å². The average Bonchev–Trinajstić information content (AvgIpc) is 2.83. The van der Waals surface area contributed by atoms with Gasteiger partial charge in [0, 0.05) is 37.0 Å². The van der Waals surface area contributed by atoms with Crippen molar-refractivity contribution in [2.45, 2.75) is 25.7 Å². The van der Waals surface area contributed by atoms with E-state index in [9.17, 15) is 4.79 Å². The molecule has 8 heteroatoms. The average molecular weight is 433 g/mol. The lowest BCUT2D eigenvalue weighted by atomic mass is 9.95. The van der Waals surface area contributed by atoms with Crippen LogP contribution >= 0.6 is 0 Å². The summed E-state index contributed by atoms with van der Waals surface area (Å²) >= 11 is 0. The van der Waals surface area contributed by atoms with Crippen molar-refractivity contribution in [3.63, 3.8) is 0 Å². The Bertz CT molecular complexity index is 1050. The SMILES string of the molecule is COc1ccccc1NCC(=O)N1CCC(c2nc(C)cc(Nc3ccccn3)n2)CC1. The fourth-order valence-electron chi connectivity index (χ4n) is 3.87. The molecule has 166 valence electrons. The molecule has 0 unspecified atom stereocenters. The molecule has 0 spiro atoms. The molecule has 2 N–H and O–H groups in total. The number of benzene rings is 1. The van der Waals surface area contributed by atoms with E-state index in [-0.39, 0.29) is 18.4 Å². The topological polar surface area (TPSA) is 92.3 Å². The summed E-state index contributed by atoms with van der Waals surface area (Å²) in [5, 5.41) is 6.43. The van der Waals surface area contributed by atoms with Crippen molar-refractivity contribution in [3.05, 3.63) is 66.2 Å². The number of aryl methyl sites for hydroxylation is 1. The molecular formula is C24H28N6O2. The number of likely N-dealkylation sites (tertiary alicyclic amines) is 1. The summed E-state index contributed by atoms with van der Waals surface area (Å²) in [7, 11) is 1.62. The fraction of sp³-hybridized carbons (Fsp3) is 0.333. The number of anilines is 3. The zero-order valence-electron chi connectivity index (χ0n) is 18.4. The van der Waals surface area contributed by atoms with Crippen LogP contribution in [0.2, 0.25) is 0 Å². The van der Waals surface area contributed by atoms with Crippen LogP contribution in [0.15, 0.2) is 54.7 Å². The molecule has 1 aliphatic rings. The maximum absolute atomic E-state index is 12.7. The number of nitrogens with zero attached hydrogens (tertiary/aromatic N) is 4. The van der Waals surface area contributed by atoms with Gasteiger partial charge in [-0.25, -0.2) is 15.0 Å². The molecular weight excluding hydrogens is 404 g/mol. The molecule has 1 fully saturated rings. The number of aromatic nitrogens is 3. The zero-order chi connectivity index (χ0) is 22.3. The molecule has 1 aliphatic heterocycles. The molecule has 1 amide bonds. The molecule has 0 aliphatic carbocycles. The largest absolute Gasteiger partial charge is 0.495 e. The summed E-state index contributed by atoms with van der Waals surface area (Å²) in [5.41, 5.74) is 1.73. The van der Waals surface area contributed by atoms with Gasteiger partial charge in [0.1, 0.15) is 23.2 Å². The Kier molecular flexibility index (Phi) is 6.79. The number of pyridine rings is 1. The Hall–Kier alpha value is -3.68. The highest BCUT2D eigenvalue weighted by molar-refractivity contribution is 5.81. The number of ether oxygens (including phenoxy) is 1. The first-order valence-electron chi connectivity index (χ1n) is 10.8. The minimum Gasteiger partial charge on any atom is -0.495 e. The number of piperidine rings is 1. The first-order valence-corrected chi connectivity index (χ1v) is 10.8. The molecule has 1 saturated heterocycles. The highest BCUT2D eigenvalue weighted by atomic mass is 16.5. The van der Waals surface area contributed by atoms with Gasteiger partial charge in [-0.2, -0.15) is 0 Å². The quantitative estimate of drug-likeness (QED) is 0.587. The summed E-state index contributed by atoms with van der Waals surface area (Å²) in [4.78, 5) is 28.3.